The highest BCUT2D eigenvalue weighted by Gasteiger charge is 2.58. The molecule has 100 valence electrons. The first-order chi connectivity index (χ1) is 7.58. The van der Waals surface area contributed by atoms with Gasteiger partial charge in [-0.15, -0.1) is 0 Å². The molecule has 0 N–H and O–H groups in total. The van der Waals surface area contributed by atoms with Crippen LogP contribution in [0.15, 0.2) is 0 Å². The van der Waals surface area contributed by atoms with Crippen LogP contribution in [0.25, 0.3) is 0 Å². The van der Waals surface area contributed by atoms with E-state index >= 15 is 0 Å². The van der Waals surface area contributed by atoms with Gasteiger partial charge in [-0.2, -0.15) is 0 Å². The van der Waals surface area contributed by atoms with Crippen molar-refractivity contribution in [2.75, 3.05) is 13.1 Å². The quantitative estimate of drug-likeness (QED) is 0.723. The number of rotatable bonds is 4. The van der Waals surface area contributed by atoms with Crippen LogP contribution in [0.2, 0.25) is 13.1 Å². The molecule has 1 rings (SSSR count). The van der Waals surface area contributed by atoms with Gasteiger partial charge in [0.1, 0.15) is 0 Å². The zero-order valence-corrected chi connectivity index (χ0v) is 13.8. The molecule has 0 aromatic heterocycles. The molecule has 0 unspecified atom stereocenters. The summed E-state index contributed by atoms with van der Waals surface area (Å²) < 4.78 is 14.9. The van der Waals surface area contributed by atoms with E-state index in [2.05, 4.69) is 59.2 Å². The van der Waals surface area contributed by atoms with Crippen molar-refractivity contribution in [2.24, 2.45) is 0 Å². The van der Waals surface area contributed by atoms with Crippen LogP contribution >= 0.6 is 0 Å². The monoisotopic (exact) mass is 257 g/mol. The van der Waals surface area contributed by atoms with Gasteiger partial charge in [0.25, 0.3) is 0 Å². The van der Waals surface area contributed by atoms with Crippen molar-refractivity contribution >= 4 is 14.8 Å². The van der Waals surface area contributed by atoms with E-state index in [1.807, 2.05) is 0 Å². The van der Waals surface area contributed by atoms with Gasteiger partial charge in [-0.3, -0.25) is 0 Å². The molecule has 1 saturated heterocycles. The fraction of sp³-hybridized carbons (Fsp3) is 1.00. The summed E-state index contributed by atoms with van der Waals surface area (Å²) in [6.07, 6.45) is 0. The Labute approximate surface area is 108 Å². The van der Waals surface area contributed by atoms with Gasteiger partial charge in [0, 0.05) is 0 Å². The van der Waals surface area contributed by atoms with Crippen molar-refractivity contribution in [1.82, 2.24) is 4.57 Å². The van der Waals surface area contributed by atoms with E-state index in [0.29, 0.717) is 0 Å². The van der Waals surface area contributed by atoms with Gasteiger partial charge in [0.05, 0.1) is 11.2 Å². The Morgan fingerprint density at radius 2 is 1.29 bits per heavy atom. The van der Waals surface area contributed by atoms with E-state index in [4.69, 9.17) is 9.31 Å². The van der Waals surface area contributed by atoms with Crippen molar-refractivity contribution in [3.63, 3.8) is 0 Å². The Bertz CT molecular complexity index is 262. The second kappa shape index (κ2) is 4.68. The van der Waals surface area contributed by atoms with Gasteiger partial charge in [-0.1, -0.05) is 26.9 Å². The van der Waals surface area contributed by atoms with Crippen molar-refractivity contribution < 1.29 is 9.31 Å². The minimum Gasteiger partial charge on any atom is -0.405 e. The summed E-state index contributed by atoms with van der Waals surface area (Å²) in [5.74, 6) is 0. The summed E-state index contributed by atoms with van der Waals surface area (Å²) in [6.45, 7) is 19.7. The lowest BCUT2D eigenvalue weighted by Gasteiger charge is -2.36. The summed E-state index contributed by atoms with van der Waals surface area (Å²) in [5.41, 5.74) is -0.426. The van der Waals surface area contributed by atoms with Gasteiger partial charge in [-0.05, 0) is 40.8 Å². The molecule has 0 atom stereocenters. The first-order valence-electron chi connectivity index (χ1n) is 6.69. The fourth-order valence-corrected chi connectivity index (χ4v) is 5.41. The maximum absolute atomic E-state index is 6.21. The lowest BCUT2D eigenvalue weighted by atomic mass is 9.90. The normalized spacial score (nSPS) is 23.5. The molecule has 0 spiro atoms. The molecule has 0 amide bonds. The third kappa shape index (κ3) is 2.62. The maximum atomic E-state index is 6.21. The molecular weight excluding hydrogens is 229 g/mol. The van der Waals surface area contributed by atoms with Crippen LogP contribution in [0.4, 0.5) is 0 Å². The number of nitrogens with zero attached hydrogens (tertiary/aromatic N) is 1. The van der Waals surface area contributed by atoms with E-state index in [1.54, 1.807) is 0 Å². The smallest absolute Gasteiger partial charge is 0.405 e. The highest BCUT2D eigenvalue weighted by atomic mass is 28.3. The molecule has 0 aromatic carbocycles. The predicted octanol–water partition coefficient (Wildman–Crippen LogP) is 2.70. The zero-order chi connectivity index (χ0) is 13.5. The minimum atomic E-state index is -1.69. The molecule has 1 fully saturated rings. The predicted molar refractivity (Wildman–Crippen MR) is 76.5 cm³/mol. The van der Waals surface area contributed by atoms with Crippen LogP contribution < -0.4 is 0 Å². The molecular formula is C12H28BNO2Si. The third-order valence-corrected chi connectivity index (χ3v) is 8.06. The van der Waals surface area contributed by atoms with Crippen LogP contribution in [0, 0.1) is 0 Å². The molecule has 3 nitrogen and oxygen atoms in total. The topological polar surface area (TPSA) is 21.7 Å². The van der Waals surface area contributed by atoms with Crippen LogP contribution in [-0.4, -0.2) is 43.7 Å². The first kappa shape index (κ1) is 15.2. The maximum Gasteiger partial charge on any atom is 0.452 e. The minimum absolute atomic E-state index is 0.0348. The van der Waals surface area contributed by atoms with E-state index < -0.39 is 8.11 Å². The Kier molecular flexibility index (Phi) is 4.19. The van der Waals surface area contributed by atoms with Crippen LogP contribution in [0.1, 0.15) is 41.5 Å². The highest BCUT2D eigenvalue weighted by molar-refractivity contribution is 7.26. The summed E-state index contributed by atoms with van der Waals surface area (Å²) in [7, 11) is -1.69. The fourth-order valence-electron chi connectivity index (χ4n) is 2.32. The molecule has 0 radical (unpaired) electrons. The van der Waals surface area contributed by atoms with E-state index in [1.165, 1.54) is 0 Å². The molecule has 1 heterocycles. The zero-order valence-electron chi connectivity index (χ0n) is 12.8. The first-order valence-corrected chi connectivity index (χ1v) is 9.71. The lowest BCUT2D eigenvalue weighted by molar-refractivity contribution is 0.00578. The second-order valence-corrected chi connectivity index (χ2v) is 10.8. The summed E-state index contributed by atoms with van der Waals surface area (Å²) in [4.78, 5) is 0. The van der Waals surface area contributed by atoms with Crippen LogP contribution in [0.5, 0.6) is 0 Å². The van der Waals surface area contributed by atoms with Gasteiger partial charge >= 0.3 is 6.71 Å². The summed E-state index contributed by atoms with van der Waals surface area (Å²) in [6, 6.07) is 0. The summed E-state index contributed by atoms with van der Waals surface area (Å²) in [5, 5.41) is 0. The Balaban J connectivity index is 2.90. The van der Waals surface area contributed by atoms with Gasteiger partial charge < -0.3 is 13.9 Å². The van der Waals surface area contributed by atoms with E-state index in [-0.39, 0.29) is 17.9 Å². The largest absolute Gasteiger partial charge is 0.452 e. The molecule has 0 bridgehead atoms. The standard InChI is InChI=1S/C12H28BNO2Si/c1-9-14(10-2)17(7,8)13-15-11(3,4)12(5,6)16-13/h9-10H2,1-8H3. The van der Waals surface area contributed by atoms with Crippen molar-refractivity contribution in [3.8, 4) is 0 Å². The van der Waals surface area contributed by atoms with Gasteiger partial charge in [0.2, 0.25) is 0 Å². The van der Waals surface area contributed by atoms with Gasteiger partial charge in [-0.25, -0.2) is 0 Å². The number of hydrogen-bond acceptors (Lipinski definition) is 3. The van der Waals surface area contributed by atoms with Crippen molar-refractivity contribution in [2.45, 2.75) is 65.8 Å². The Morgan fingerprint density at radius 3 is 1.59 bits per heavy atom. The molecule has 1 aliphatic rings. The highest BCUT2D eigenvalue weighted by Crippen LogP contribution is 2.39. The van der Waals surface area contributed by atoms with Crippen molar-refractivity contribution in [1.29, 1.82) is 0 Å². The molecule has 17 heavy (non-hydrogen) atoms. The average molecular weight is 257 g/mol. The second-order valence-electron chi connectivity index (χ2n) is 6.41. The molecule has 5 heteroatoms. The number of hydrogen-bond donors (Lipinski definition) is 0. The van der Waals surface area contributed by atoms with Crippen molar-refractivity contribution in [3.05, 3.63) is 0 Å². The third-order valence-electron chi connectivity index (χ3n) is 4.41. The van der Waals surface area contributed by atoms with Crippen LogP contribution in [-0.2, 0) is 9.31 Å². The SMILES string of the molecule is CCN(CC)[Si](C)(C)B1OC(C)(C)C(C)(C)O1. The van der Waals surface area contributed by atoms with Crippen LogP contribution in [0.3, 0.4) is 0 Å². The Hall–Kier alpha value is 0.162. The molecule has 0 aliphatic carbocycles. The molecule has 1 aliphatic heterocycles. The summed E-state index contributed by atoms with van der Waals surface area (Å²) >= 11 is 0. The molecule has 0 aromatic rings. The van der Waals surface area contributed by atoms with Gasteiger partial charge in [0.15, 0.2) is 8.11 Å². The Morgan fingerprint density at radius 1 is 0.941 bits per heavy atom. The molecule has 0 saturated carbocycles. The average Bonchev–Trinajstić information content (AvgIpc) is 2.38. The van der Waals surface area contributed by atoms with E-state index in [0.717, 1.165) is 13.1 Å². The lowest BCUT2D eigenvalue weighted by Crippen LogP contribution is -2.61. The van der Waals surface area contributed by atoms with E-state index in [9.17, 15) is 0 Å².